The minimum Gasteiger partial charge on any atom is -0.462 e. The molecule has 0 saturated carbocycles. The number of anilines is 1. The van der Waals surface area contributed by atoms with E-state index in [1.807, 2.05) is 24.3 Å². The summed E-state index contributed by atoms with van der Waals surface area (Å²) >= 11 is 1.45. The number of nitrogens with zero attached hydrogens (tertiary/aromatic N) is 2. The van der Waals surface area contributed by atoms with Gasteiger partial charge in [-0.25, -0.2) is 9.78 Å². The standard InChI is InChI=1S/C16H17N5O3S/c1-3-24-15(23)11(8-17)9-18-21-14(22)10(2)19-16-20-12-6-4-5-7-13(12)25-16/h4-7,9-10,18H,3H2,1-2H3,(H,19,20)(H,21,22)/b11-9+/t10-/m0/s1. The Morgan fingerprint density at radius 3 is 2.88 bits per heavy atom. The fraction of sp³-hybridized carbons (Fsp3) is 0.250. The quantitative estimate of drug-likeness (QED) is 0.298. The van der Waals surface area contributed by atoms with Crippen LogP contribution in [0.4, 0.5) is 5.13 Å². The van der Waals surface area contributed by atoms with Crippen LogP contribution in [0.15, 0.2) is 36.0 Å². The second kappa shape index (κ2) is 8.65. The van der Waals surface area contributed by atoms with Gasteiger partial charge in [0.2, 0.25) is 0 Å². The van der Waals surface area contributed by atoms with Gasteiger partial charge < -0.3 is 15.5 Å². The number of aromatic nitrogens is 1. The molecule has 0 aliphatic heterocycles. The summed E-state index contributed by atoms with van der Waals surface area (Å²) in [5.74, 6) is -1.14. The number of benzene rings is 1. The number of para-hydroxylation sites is 1. The Labute approximate surface area is 148 Å². The molecule has 0 spiro atoms. The number of hydrazine groups is 1. The number of fused-ring (bicyclic) bond motifs is 1. The van der Waals surface area contributed by atoms with Gasteiger partial charge in [0.05, 0.1) is 16.8 Å². The van der Waals surface area contributed by atoms with Crippen molar-refractivity contribution < 1.29 is 14.3 Å². The normalized spacial score (nSPS) is 12.1. The average molecular weight is 359 g/mol. The van der Waals surface area contributed by atoms with Crippen LogP contribution in [0.25, 0.3) is 10.2 Å². The Bertz CT molecular complexity index is 807. The molecule has 0 saturated heterocycles. The predicted molar refractivity (Wildman–Crippen MR) is 94.3 cm³/mol. The average Bonchev–Trinajstić information content (AvgIpc) is 3.00. The van der Waals surface area contributed by atoms with Crippen molar-refractivity contribution in [2.45, 2.75) is 19.9 Å². The molecule has 0 radical (unpaired) electrons. The van der Waals surface area contributed by atoms with Crippen LogP contribution in [0.2, 0.25) is 0 Å². The van der Waals surface area contributed by atoms with Crippen LogP contribution in [0.5, 0.6) is 0 Å². The molecule has 9 heteroatoms. The molecule has 2 aromatic rings. The molecule has 1 heterocycles. The molecular formula is C16H17N5O3S. The molecule has 0 aliphatic carbocycles. The summed E-state index contributed by atoms with van der Waals surface area (Å²) in [5, 5.41) is 12.5. The highest BCUT2D eigenvalue weighted by Gasteiger charge is 2.15. The molecule has 8 nitrogen and oxygen atoms in total. The van der Waals surface area contributed by atoms with Gasteiger partial charge in [-0.2, -0.15) is 5.26 Å². The number of carbonyl (C=O) groups excluding carboxylic acids is 2. The van der Waals surface area contributed by atoms with Crippen LogP contribution in [0.1, 0.15) is 13.8 Å². The van der Waals surface area contributed by atoms with Gasteiger partial charge in [-0.1, -0.05) is 23.5 Å². The first-order valence-corrected chi connectivity index (χ1v) is 8.31. The number of hydrogen-bond donors (Lipinski definition) is 3. The molecule has 0 aliphatic rings. The van der Waals surface area contributed by atoms with Gasteiger partial charge in [0.15, 0.2) is 10.7 Å². The summed E-state index contributed by atoms with van der Waals surface area (Å²) in [5.41, 5.74) is 5.43. The van der Waals surface area contributed by atoms with Gasteiger partial charge in [0.1, 0.15) is 12.1 Å². The number of nitrogens with one attached hydrogen (secondary N) is 3. The van der Waals surface area contributed by atoms with E-state index in [4.69, 9.17) is 10.00 Å². The topological polar surface area (TPSA) is 116 Å². The van der Waals surface area contributed by atoms with Crippen molar-refractivity contribution in [3.63, 3.8) is 0 Å². The molecule has 25 heavy (non-hydrogen) atoms. The zero-order chi connectivity index (χ0) is 18.2. The van der Waals surface area contributed by atoms with Crippen molar-refractivity contribution in [3.8, 4) is 6.07 Å². The highest BCUT2D eigenvalue weighted by atomic mass is 32.1. The highest BCUT2D eigenvalue weighted by molar-refractivity contribution is 7.22. The Hall–Kier alpha value is -3.12. The SMILES string of the molecule is CCOC(=O)/C(C#N)=C/NNC(=O)[C@H](C)Nc1nc2ccccc2s1. The number of thiazole rings is 1. The maximum atomic E-state index is 12.0. The number of carbonyl (C=O) groups is 2. The summed E-state index contributed by atoms with van der Waals surface area (Å²) in [6.07, 6.45) is 1.08. The maximum absolute atomic E-state index is 12.0. The molecule has 1 aromatic heterocycles. The van der Waals surface area contributed by atoms with Gasteiger partial charge in [0, 0.05) is 6.20 Å². The third-order valence-corrected chi connectivity index (χ3v) is 4.02. The lowest BCUT2D eigenvalue weighted by molar-refractivity contribution is -0.138. The Morgan fingerprint density at radius 1 is 1.44 bits per heavy atom. The fourth-order valence-electron chi connectivity index (χ4n) is 1.82. The van der Waals surface area contributed by atoms with Crippen molar-refractivity contribution in [3.05, 3.63) is 36.0 Å². The van der Waals surface area contributed by atoms with Crippen LogP contribution >= 0.6 is 11.3 Å². The lowest BCUT2D eigenvalue weighted by Gasteiger charge is -2.13. The number of ether oxygens (including phenoxy) is 1. The largest absolute Gasteiger partial charge is 0.462 e. The van der Waals surface area contributed by atoms with E-state index in [-0.39, 0.29) is 18.1 Å². The van der Waals surface area contributed by atoms with Crippen LogP contribution in [0.3, 0.4) is 0 Å². The van der Waals surface area contributed by atoms with Crippen molar-refractivity contribution >= 4 is 38.6 Å². The molecule has 1 aromatic carbocycles. The summed E-state index contributed by atoms with van der Waals surface area (Å²) in [7, 11) is 0. The Kier molecular flexibility index (Phi) is 6.31. The third-order valence-electron chi connectivity index (χ3n) is 3.05. The Balaban J connectivity index is 1.89. The van der Waals surface area contributed by atoms with Crippen LogP contribution in [-0.4, -0.2) is 29.5 Å². The first-order valence-electron chi connectivity index (χ1n) is 7.50. The first kappa shape index (κ1) is 18.2. The minimum atomic E-state index is -0.757. The second-order valence-electron chi connectivity index (χ2n) is 4.88. The fourth-order valence-corrected chi connectivity index (χ4v) is 2.77. The Morgan fingerprint density at radius 2 is 2.20 bits per heavy atom. The summed E-state index contributed by atoms with van der Waals surface area (Å²) in [6.45, 7) is 3.47. The molecule has 1 atom stereocenters. The number of esters is 1. The van der Waals surface area contributed by atoms with Crippen molar-refractivity contribution in [1.29, 1.82) is 5.26 Å². The van der Waals surface area contributed by atoms with Crippen molar-refractivity contribution in [1.82, 2.24) is 15.8 Å². The van der Waals surface area contributed by atoms with E-state index in [1.54, 1.807) is 19.9 Å². The van der Waals surface area contributed by atoms with Gasteiger partial charge in [0.25, 0.3) is 5.91 Å². The van der Waals surface area contributed by atoms with Crippen LogP contribution < -0.4 is 16.2 Å². The highest BCUT2D eigenvalue weighted by Crippen LogP contribution is 2.25. The monoisotopic (exact) mass is 359 g/mol. The van der Waals surface area contributed by atoms with E-state index < -0.39 is 12.0 Å². The van der Waals surface area contributed by atoms with E-state index in [9.17, 15) is 9.59 Å². The van der Waals surface area contributed by atoms with Gasteiger partial charge in [-0.15, -0.1) is 0 Å². The molecule has 0 fully saturated rings. The van der Waals surface area contributed by atoms with E-state index in [0.717, 1.165) is 16.4 Å². The zero-order valence-corrected chi connectivity index (χ0v) is 14.5. The van der Waals surface area contributed by atoms with Crippen LogP contribution in [-0.2, 0) is 14.3 Å². The molecule has 130 valence electrons. The lowest BCUT2D eigenvalue weighted by atomic mass is 10.3. The van der Waals surface area contributed by atoms with Gasteiger partial charge >= 0.3 is 5.97 Å². The summed E-state index contributed by atoms with van der Waals surface area (Å²) in [4.78, 5) is 27.9. The third kappa shape index (κ3) is 4.92. The zero-order valence-electron chi connectivity index (χ0n) is 13.7. The molecule has 0 unspecified atom stereocenters. The van der Waals surface area contributed by atoms with Crippen molar-refractivity contribution in [2.75, 3.05) is 11.9 Å². The van der Waals surface area contributed by atoms with E-state index >= 15 is 0 Å². The van der Waals surface area contributed by atoms with Gasteiger partial charge in [-0.3, -0.25) is 10.2 Å². The van der Waals surface area contributed by atoms with E-state index in [0.29, 0.717) is 5.13 Å². The van der Waals surface area contributed by atoms with E-state index in [1.165, 1.54) is 11.3 Å². The van der Waals surface area contributed by atoms with E-state index in [2.05, 4.69) is 21.2 Å². The summed E-state index contributed by atoms with van der Waals surface area (Å²) in [6, 6.07) is 8.79. The predicted octanol–water partition coefficient (Wildman–Crippen LogP) is 1.69. The second-order valence-corrected chi connectivity index (χ2v) is 5.91. The van der Waals surface area contributed by atoms with Gasteiger partial charge in [-0.05, 0) is 26.0 Å². The minimum absolute atomic E-state index is 0.160. The van der Waals surface area contributed by atoms with Crippen molar-refractivity contribution in [2.24, 2.45) is 0 Å². The molecule has 3 N–H and O–H groups in total. The molecule has 2 rings (SSSR count). The first-order chi connectivity index (χ1) is 12.0. The maximum Gasteiger partial charge on any atom is 0.350 e. The van der Waals surface area contributed by atoms with Crippen LogP contribution in [0, 0.1) is 11.3 Å². The molecule has 1 amide bonds. The number of amides is 1. The molecule has 0 bridgehead atoms. The molecular weight excluding hydrogens is 342 g/mol. The smallest absolute Gasteiger partial charge is 0.350 e. The number of rotatable bonds is 7. The lowest BCUT2D eigenvalue weighted by Crippen LogP contribution is -2.43. The number of nitriles is 1. The summed E-state index contributed by atoms with van der Waals surface area (Å²) < 4.78 is 5.73. The number of hydrogen-bond acceptors (Lipinski definition) is 8.